The Morgan fingerprint density at radius 1 is 1.12 bits per heavy atom. The second kappa shape index (κ2) is 13.4. The summed E-state index contributed by atoms with van der Waals surface area (Å²) in [6.07, 6.45) is 2.92. The van der Waals surface area contributed by atoms with Crippen LogP contribution >= 0.6 is 0 Å². The van der Waals surface area contributed by atoms with Crippen LogP contribution in [0.2, 0.25) is 0 Å². The molecular formula is C25H41N3O5. The first kappa shape index (κ1) is 26.9. The van der Waals surface area contributed by atoms with Crippen molar-refractivity contribution in [1.29, 1.82) is 0 Å². The van der Waals surface area contributed by atoms with Gasteiger partial charge in [0.25, 0.3) is 5.91 Å². The summed E-state index contributed by atoms with van der Waals surface area (Å²) in [7, 11) is 3.24. The number of carbonyl (C=O) groups is 2. The summed E-state index contributed by atoms with van der Waals surface area (Å²) in [5.41, 5.74) is 0.574. The Morgan fingerprint density at radius 2 is 1.88 bits per heavy atom. The molecule has 186 valence electrons. The third-order valence-electron chi connectivity index (χ3n) is 5.72. The van der Waals surface area contributed by atoms with Gasteiger partial charge in [0, 0.05) is 62.8 Å². The average Bonchev–Trinajstić information content (AvgIpc) is 2.77. The topological polar surface area (TPSA) is 89.1 Å². The highest BCUT2D eigenvalue weighted by Crippen LogP contribution is 2.30. The lowest BCUT2D eigenvalue weighted by Gasteiger charge is -2.40. The van der Waals surface area contributed by atoms with Crippen LogP contribution in [0.3, 0.4) is 0 Å². The molecular weight excluding hydrogens is 422 g/mol. The van der Waals surface area contributed by atoms with Crippen LogP contribution < -0.4 is 20.1 Å². The number of rotatable bonds is 12. The Labute approximate surface area is 198 Å². The number of carbonyl (C=O) groups excluding carboxylic acids is 2. The quantitative estimate of drug-likeness (QED) is 0.463. The van der Waals surface area contributed by atoms with Crippen LogP contribution in [0.25, 0.3) is 0 Å². The van der Waals surface area contributed by atoms with Crippen LogP contribution in [-0.4, -0.2) is 74.9 Å². The molecule has 33 heavy (non-hydrogen) atoms. The smallest absolute Gasteiger partial charge is 0.254 e. The summed E-state index contributed by atoms with van der Waals surface area (Å²) in [4.78, 5) is 27.5. The molecule has 0 spiro atoms. The van der Waals surface area contributed by atoms with Gasteiger partial charge in [-0.2, -0.15) is 0 Å². The fourth-order valence-electron chi connectivity index (χ4n) is 4.20. The summed E-state index contributed by atoms with van der Waals surface area (Å²) in [6, 6.07) is 5.71. The molecule has 2 atom stereocenters. The summed E-state index contributed by atoms with van der Waals surface area (Å²) < 4.78 is 16.3. The standard InChI is InChI=1S/C25H41N3O5/c1-17(2)27-24(29)15-20-9-10-21(16-26-20)28(18(3)4)25(30)19-8-11-22(32-6)23(14-19)33-13-7-12-31-5/h8,11,14,17-18,20-21,26H,7,9-10,12-13,15-16H2,1-6H3,(H,27,29)/t20-,21?/m0/s1. The Morgan fingerprint density at radius 3 is 2.45 bits per heavy atom. The van der Waals surface area contributed by atoms with E-state index in [2.05, 4.69) is 10.6 Å². The minimum atomic E-state index is -0.0304. The van der Waals surface area contributed by atoms with Gasteiger partial charge in [0.2, 0.25) is 5.91 Å². The third kappa shape index (κ3) is 8.19. The predicted molar refractivity (Wildman–Crippen MR) is 129 cm³/mol. The second-order valence-electron chi connectivity index (χ2n) is 9.13. The maximum Gasteiger partial charge on any atom is 0.254 e. The number of benzene rings is 1. The number of methoxy groups -OCH3 is 2. The normalized spacial score (nSPS) is 18.3. The van der Waals surface area contributed by atoms with Gasteiger partial charge in [-0.25, -0.2) is 0 Å². The van der Waals surface area contributed by atoms with Crippen LogP contribution in [0.4, 0.5) is 0 Å². The summed E-state index contributed by atoms with van der Waals surface area (Å²) in [5, 5.41) is 6.42. The average molecular weight is 464 g/mol. The first-order valence-electron chi connectivity index (χ1n) is 11.9. The van der Waals surface area contributed by atoms with E-state index in [4.69, 9.17) is 14.2 Å². The minimum Gasteiger partial charge on any atom is -0.493 e. The van der Waals surface area contributed by atoms with E-state index in [1.165, 1.54) is 0 Å². The van der Waals surface area contributed by atoms with Gasteiger partial charge in [0.1, 0.15) is 0 Å². The molecule has 1 aromatic carbocycles. The largest absolute Gasteiger partial charge is 0.493 e. The highest BCUT2D eigenvalue weighted by molar-refractivity contribution is 5.95. The molecule has 8 nitrogen and oxygen atoms in total. The molecule has 1 aliphatic heterocycles. The molecule has 0 aliphatic carbocycles. The molecule has 2 amide bonds. The number of amides is 2. The zero-order valence-electron chi connectivity index (χ0n) is 21.0. The maximum atomic E-state index is 13.5. The van der Waals surface area contributed by atoms with Crippen molar-refractivity contribution in [2.24, 2.45) is 0 Å². The summed E-state index contributed by atoms with van der Waals surface area (Å²) in [5.74, 6) is 1.19. The number of nitrogens with one attached hydrogen (secondary N) is 2. The van der Waals surface area contributed by atoms with Gasteiger partial charge in [-0.1, -0.05) is 0 Å². The Hall–Kier alpha value is -2.32. The molecule has 8 heteroatoms. The van der Waals surface area contributed by atoms with Gasteiger partial charge in [0.15, 0.2) is 11.5 Å². The van der Waals surface area contributed by atoms with Gasteiger partial charge in [-0.15, -0.1) is 0 Å². The van der Waals surface area contributed by atoms with Crippen LogP contribution in [0.1, 0.15) is 63.7 Å². The van der Waals surface area contributed by atoms with E-state index in [1.807, 2.05) is 32.6 Å². The molecule has 2 rings (SSSR count). The van der Waals surface area contributed by atoms with Crippen LogP contribution in [0.15, 0.2) is 18.2 Å². The van der Waals surface area contributed by atoms with Crippen molar-refractivity contribution >= 4 is 11.8 Å². The zero-order chi connectivity index (χ0) is 24.4. The molecule has 2 N–H and O–H groups in total. The van der Waals surface area contributed by atoms with E-state index < -0.39 is 0 Å². The summed E-state index contributed by atoms with van der Waals surface area (Å²) in [6.45, 7) is 9.75. The van der Waals surface area contributed by atoms with Gasteiger partial charge in [0.05, 0.1) is 13.7 Å². The molecule has 0 aromatic heterocycles. The molecule has 0 saturated carbocycles. The highest BCUT2D eigenvalue weighted by atomic mass is 16.5. The fraction of sp³-hybridized carbons (Fsp3) is 0.680. The van der Waals surface area contributed by atoms with E-state index in [0.29, 0.717) is 43.2 Å². The van der Waals surface area contributed by atoms with Crippen molar-refractivity contribution < 1.29 is 23.8 Å². The second-order valence-corrected chi connectivity index (χ2v) is 9.13. The van der Waals surface area contributed by atoms with Crippen molar-refractivity contribution in [3.05, 3.63) is 23.8 Å². The maximum absolute atomic E-state index is 13.5. The monoisotopic (exact) mass is 463 g/mol. The number of nitrogens with zero attached hydrogens (tertiary/aromatic N) is 1. The first-order valence-corrected chi connectivity index (χ1v) is 11.9. The SMILES string of the molecule is COCCCOc1cc(C(=O)N(C(C)C)C2CC[C@@H](CC(=O)NC(C)C)NC2)ccc1OC. The molecule has 1 heterocycles. The van der Waals surface area contributed by atoms with Crippen molar-refractivity contribution in [2.75, 3.05) is 34.0 Å². The molecule has 0 radical (unpaired) electrons. The number of hydrogen-bond acceptors (Lipinski definition) is 6. The van der Waals surface area contributed by atoms with E-state index in [-0.39, 0.29) is 36.0 Å². The Balaban J connectivity index is 2.05. The van der Waals surface area contributed by atoms with Crippen LogP contribution in [0.5, 0.6) is 11.5 Å². The van der Waals surface area contributed by atoms with E-state index in [0.717, 1.165) is 19.3 Å². The Kier molecular flexibility index (Phi) is 10.9. The minimum absolute atomic E-state index is 0.0304. The highest BCUT2D eigenvalue weighted by Gasteiger charge is 2.32. The lowest BCUT2D eigenvalue weighted by molar-refractivity contribution is -0.122. The van der Waals surface area contributed by atoms with Gasteiger partial charge >= 0.3 is 0 Å². The molecule has 1 aromatic rings. The molecule has 1 saturated heterocycles. The van der Waals surface area contributed by atoms with Crippen molar-refractivity contribution in [1.82, 2.24) is 15.5 Å². The van der Waals surface area contributed by atoms with Crippen molar-refractivity contribution in [3.8, 4) is 11.5 Å². The van der Waals surface area contributed by atoms with Crippen molar-refractivity contribution in [2.45, 2.75) is 77.5 Å². The molecule has 1 fully saturated rings. The Bertz CT molecular complexity index is 760. The van der Waals surface area contributed by atoms with Crippen LogP contribution in [-0.2, 0) is 9.53 Å². The predicted octanol–water partition coefficient (Wildman–Crippen LogP) is 3.00. The number of piperidine rings is 1. The first-order chi connectivity index (χ1) is 15.8. The third-order valence-corrected chi connectivity index (χ3v) is 5.72. The number of ether oxygens (including phenoxy) is 3. The molecule has 0 bridgehead atoms. The van der Waals surface area contributed by atoms with E-state index in [1.54, 1.807) is 32.4 Å². The van der Waals surface area contributed by atoms with E-state index >= 15 is 0 Å². The van der Waals surface area contributed by atoms with E-state index in [9.17, 15) is 9.59 Å². The number of hydrogen-bond donors (Lipinski definition) is 2. The molecule has 1 unspecified atom stereocenters. The lowest BCUT2D eigenvalue weighted by Crippen LogP contribution is -2.54. The summed E-state index contributed by atoms with van der Waals surface area (Å²) >= 11 is 0. The molecule has 1 aliphatic rings. The van der Waals surface area contributed by atoms with Crippen LogP contribution in [0, 0.1) is 0 Å². The van der Waals surface area contributed by atoms with Gasteiger partial charge < -0.3 is 29.7 Å². The lowest BCUT2D eigenvalue weighted by atomic mass is 9.95. The van der Waals surface area contributed by atoms with Crippen molar-refractivity contribution in [3.63, 3.8) is 0 Å². The van der Waals surface area contributed by atoms with Gasteiger partial charge in [-0.3, -0.25) is 9.59 Å². The zero-order valence-corrected chi connectivity index (χ0v) is 21.0. The fourth-order valence-corrected chi connectivity index (χ4v) is 4.20. The van der Waals surface area contributed by atoms with Gasteiger partial charge in [-0.05, 0) is 58.7 Å².